The summed E-state index contributed by atoms with van der Waals surface area (Å²) in [5.74, 6) is 0. The van der Waals surface area contributed by atoms with Gasteiger partial charge in [0.05, 0.1) is 0 Å². The maximum Gasteiger partial charge on any atom is 0.323 e. The van der Waals surface area contributed by atoms with Crippen LogP contribution in [0.1, 0.15) is 11.1 Å². The Balaban J connectivity index is 0.000000265. The fourth-order valence-electron chi connectivity index (χ4n) is 0.737. The summed E-state index contributed by atoms with van der Waals surface area (Å²) < 4.78 is 22.3. The highest BCUT2D eigenvalue weighted by atomic mass is 31.2. The van der Waals surface area contributed by atoms with Crippen molar-refractivity contribution < 1.29 is 23.2 Å². The van der Waals surface area contributed by atoms with Crippen molar-refractivity contribution in [3.63, 3.8) is 0 Å². The van der Waals surface area contributed by atoms with Gasteiger partial charge in [0, 0.05) is 0 Å². The fraction of sp³-hybridized carbons (Fsp3) is 0.250. The van der Waals surface area contributed by atoms with Gasteiger partial charge < -0.3 is 9.79 Å². The number of hydrogen-bond acceptors (Lipinski definition) is 3. The van der Waals surface area contributed by atoms with Crippen molar-refractivity contribution >= 4 is 16.5 Å². The molecular formula is C8H14O5P2. The van der Waals surface area contributed by atoms with Gasteiger partial charge in [0.2, 0.25) is 0 Å². The average Bonchev–Trinajstić information content (AvgIpc) is 2.08. The van der Waals surface area contributed by atoms with Crippen molar-refractivity contribution in [3.05, 3.63) is 35.4 Å². The molecule has 0 heterocycles. The van der Waals surface area contributed by atoms with Crippen LogP contribution in [0.15, 0.2) is 24.3 Å². The summed E-state index contributed by atoms with van der Waals surface area (Å²) in [6, 6.07) is 8.36. The molecule has 86 valence electrons. The maximum atomic E-state index is 9.44. The molecule has 0 saturated heterocycles. The van der Waals surface area contributed by atoms with E-state index < -0.39 is 16.5 Å². The van der Waals surface area contributed by atoms with E-state index in [1.165, 1.54) is 11.1 Å². The molecule has 0 amide bonds. The highest BCUT2D eigenvalue weighted by Gasteiger charge is 1.93. The molecule has 1 rings (SSSR count). The summed E-state index contributed by atoms with van der Waals surface area (Å²) in [6.07, 6.45) is 0. The Labute approximate surface area is 89.6 Å². The second-order valence-corrected chi connectivity index (χ2v) is 4.60. The number of benzene rings is 1. The van der Waals surface area contributed by atoms with Crippen LogP contribution in [0.5, 0.6) is 0 Å². The normalized spacial score (nSPS) is 13.6. The highest BCUT2D eigenvalue weighted by Crippen LogP contribution is 2.30. The predicted molar refractivity (Wildman–Crippen MR) is 59.4 cm³/mol. The highest BCUT2D eigenvalue weighted by molar-refractivity contribution is 7.46. The molecule has 0 bridgehead atoms. The van der Waals surface area contributed by atoms with Crippen LogP contribution in [0.2, 0.25) is 0 Å². The third-order valence-electron chi connectivity index (χ3n) is 1.60. The molecule has 2 unspecified atom stereocenters. The molecule has 1 aromatic rings. The maximum absolute atomic E-state index is 9.44. The van der Waals surface area contributed by atoms with Crippen LogP contribution >= 0.6 is 16.5 Å². The lowest BCUT2D eigenvalue weighted by atomic mass is 10.1. The van der Waals surface area contributed by atoms with Crippen molar-refractivity contribution in [3.8, 4) is 0 Å². The van der Waals surface area contributed by atoms with Crippen LogP contribution < -0.4 is 0 Å². The summed E-state index contributed by atoms with van der Waals surface area (Å²) in [4.78, 5) is 15.4. The van der Waals surface area contributed by atoms with Gasteiger partial charge in [-0.25, -0.2) is 4.31 Å². The second kappa shape index (κ2) is 7.80. The SMILES string of the molecule is Cc1ccccc1C.O=[PH](O)O[PH](=O)O. The van der Waals surface area contributed by atoms with Crippen LogP contribution in [-0.4, -0.2) is 9.79 Å². The molecule has 1 aromatic carbocycles. The van der Waals surface area contributed by atoms with Gasteiger partial charge in [-0.05, 0) is 25.0 Å². The second-order valence-electron chi connectivity index (χ2n) is 2.72. The van der Waals surface area contributed by atoms with E-state index in [4.69, 9.17) is 9.79 Å². The van der Waals surface area contributed by atoms with Gasteiger partial charge in [0.25, 0.3) is 0 Å². The van der Waals surface area contributed by atoms with Crippen molar-refractivity contribution in [1.82, 2.24) is 0 Å². The van der Waals surface area contributed by atoms with Crippen LogP contribution in [0, 0.1) is 13.8 Å². The van der Waals surface area contributed by atoms with Gasteiger partial charge in [-0.15, -0.1) is 0 Å². The minimum Gasteiger partial charge on any atom is -0.326 e. The molecule has 0 spiro atoms. The van der Waals surface area contributed by atoms with Crippen molar-refractivity contribution in [1.29, 1.82) is 0 Å². The van der Waals surface area contributed by atoms with E-state index >= 15 is 0 Å². The molecule has 5 nitrogen and oxygen atoms in total. The van der Waals surface area contributed by atoms with E-state index in [0.29, 0.717) is 0 Å². The van der Waals surface area contributed by atoms with Gasteiger partial charge in [0.1, 0.15) is 0 Å². The van der Waals surface area contributed by atoms with Crippen LogP contribution in [-0.2, 0) is 13.4 Å². The Morgan fingerprint density at radius 3 is 1.47 bits per heavy atom. The van der Waals surface area contributed by atoms with Crippen LogP contribution in [0.3, 0.4) is 0 Å². The molecule has 2 N–H and O–H groups in total. The number of rotatable bonds is 2. The van der Waals surface area contributed by atoms with Crippen LogP contribution in [0.25, 0.3) is 0 Å². The van der Waals surface area contributed by atoms with Gasteiger partial charge in [0.15, 0.2) is 0 Å². The Bertz CT molecular complexity index is 320. The van der Waals surface area contributed by atoms with E-state index in [-0.39, 0.29) is 0 Å². The quantitative estimate of drug-likeness (QED) is 0.787. The topological polar surface area (TPSA) is 83.8 Å². The lowest BCUT2D eigenvalue weighted by molar-refractivity contribution is 0.371. The zero-order valence-corrected chi connectivity index (χ0v) is 10.4. The molecule has 0 aromatic heterocycles. The first kappa shape index (κ1) is 14.6. The summed E-state index contributed by atoms with van der Waals surface area (Å²) in [5.41, 5.74) is 2.74. The molecule has 0 radical (unpaired) electrons. The summed E-state index contributed by atoms with van der Waals surface area (Å²) >= 11 is 0. The standard InChI is InChI=1S/C8H10.H4O5P2/c1-7-5-3-4-6-8(7)2;1-6(2)5-7(3)4/h3-6H,1-2H3;6-7H,(H,1,2)(H,3,4). The lowest BCUT2D eigenvalue weighted by Crippen LogP contribution is -1.74. The van der Waals surface area contributed by atoms with Gasteiger partial charge in [-0.1, -0.05) is 24.3 Å². The van der Waals surface area contributed by atoms with Gasteiger partial charge >= 0.3 is 16.5 Å². The summed E-state index contributed by atoms with van der Waals surface area (Å²) in [7, 11) is -6.40. The van der Waals surface area contributed by atoms with E-state index in [9.17, 15) is 9.13 Å². The van der Waals surface area contributed by atoms with E-state index in [0.717, 1.165) is 0 Å². The molecule has 15 heavy (non-hydrogen) atoms. The summed E-state index contributed by atoms with van der Waals surface area (Å²) in [6.45, 7) is 4.24. The molecule has 0 saturated carbocycles. The van der Waals surface area contributed by atoms with Gasteiger partial charge in [-0.2, -0.15) is 0 Å². The van der Waals surface area contributed by atoms with Crippen molar-refractivity contribution in [2.24, 2.45) is 0 Å². The Morgan fingerprint density at radius 2 is 1.33 bits per heavy atom. The molecule has 2 atom stereocenters. The largest absolute Gasteiger partial charge is 0.326 e. The Morgan fingerprint density at radius 1 is 1.00 bits per heavy atom. The van der Waals surface area contributed by atoms with Gasteiger partial charge in [-0.3, -0.25) is 9.13 Å². The zero-order chi connectivity index (χ0) is 11.8. The van der Waals surface area contributed by atoms with Crippen LogP contribution in [0.4, 0.5) is 0 Å². The fourth-order valence-corrected chi connectivity index (χ4v) is 1.33. The molecule has 7 heteroatoms. The molecule has 0 aliphatic heterocycles. The smallest absolute Gasteiger partial charge is 0.323 e. The van der Waals surface area contributed by atoms with E-state index in [1.54, 1.807) is 0 Å². The molecular weight excluding hydrogens is 238 g/mol. The minimum absolute atomic E-state index is 1.37. The van der Waals surface area contributed by atoms with E-state index in [1.807, 2.05) is 0 Å². The van der Waals surface area contributed by atoms with E-state index in [2.05, 4.69) is 42.4 Å². The minimum atomic E-state index is -3.20. The number of aryl methyl sites for hydroxylation is 2. The molecule has 0 aliphatic rings. The predicted octanol–water partition coefficient (Wildman–Crippen LogP) is 2.07. The monoisotopic (exact) mass is 252 g/mol. The van der Waals surface area contributed by atoms with Crippen molar-refractivity contribution in [2.45, 2.75) is 13.8 Å². The Kier molecular flexibility index (Phi) is 7.57. The number of hydrogen-bond donors (Lipinski definition) is 2. The lowest BCUT2D eigenvalue weighted by Gasteiger charge is -1.93. The molecule has 0 fully saturated rings. The molecule has 0 aliphatic carbocycles. The first-order chi connectivity index (χ1) is 6.93. The third kappa shape index (κ3) is 8.55. The Hall–Kier alpha value is -0.440. The summed E-state index contributed by atoms with van der Waals surface area (Å²) in [5, 5.41) is 0. The third-order valence-corrected chi connectivity index (χ3v) is 3.00. The average molecular weight is 252 g/mol. The first-order valence-electron chi connectivity index (χ1n) is 4.09. The zero-order valence-electron chi connectivity index (χ0n) is 8.43. The first-order valence-corrected chi connectivity index (χ1v) is 6.62. The van der Waals surface area contributed by atoms with Crippen molar-refractivity contribution in [2.75, 3.05) is 0 Å².